The highest BCUT2D eigenvalue weighted by Gasteiger charge is 2.36. The highest BCUT2D eigenvalue weighted by molar-refractivity contribution is 7.99. The minimum absolute atomic E-state index is 0.0807. The molecule has 2 aromatic heterocycles. The number of nitriles is 1. The molecule has 5 rings (SSSR count). The molecule has 9 heteroatoms. The van der Waals surface area contributed by atoms with E-state index in [-0.39, 0.29) is 11.9 Å². The molecule has 3 aliphatic heterocycles. The number of fused-ring (bicyclic) bond motifs is 3. The predicted molar refractivity (Wildman–Crippen MR) is 118 cm³/mol. The van der Waals surface area contributed by atoms with Gasteiger partial charge in [0.15, 0.2) is 5.82 Å². The van der Waals surface area contributed by atoms with Crippen LogP contribution in [0.5, 0.6) is 0 Å². The zero-order valence-electron chi connectivity index (χ0n) is 16.6. The smallest absolute Gasteiger partial charge is 0.248 e. The van der Waals surface area contributed by atoms with Gasteiger partial charge in [0.25, 0.3) is 0 Å². The lowest BCUT2D eigenvalue weighted by molar-refractivity contribution is -0.117. The quantitative estimate of drug-likeness (QED) is 0.799. The molecule has 1 N–H and O–H groups in total. The third-order valence-corrected chi connectivity index (χ3v) is 6.89. The Kier molecular flexibility index (Phi) is 5.19. The molecule has 5 heterocycles. The number of pyridine rings is 2. The first-order chi connectivity index (χ1) is 14.7. The van der Waals surface area contributed by atoms with Crippen LogP contribution in [0.1, 0.15) is 11.1 Å². The Morgan fingerprint density at radius 1 is 1.17 bits per heavy atom. The van der Waals surface area contributed by atoms with E-state index in [9.17, 15) is 4.79 Å². The molecule has 0 aliphatic carbocycles. The predicted octanol–water partition coefficient (Wildman–Crippen LogP) is 1.54. The number of nitrogens with one attached hydrogen (secondary N) is 1. The molecule has 0 spiro atoms. The van der Waals surface area contributed by atoms with Crippen molar-refractivity contribution in [3.8, 4) is 6.07 Å². The highest BCUT2D eigenvalue weighted by Crippen LogP contribution is 2.34. The average Bonchev–Trinajstić information content (AvgIpc) is 2.80. The molecule has 30 heavy (non-hydrogen) atoms. The van der Waals surface area contributed by atoms with Crippen LogP contribution >= 0.6 is 11.8 Å². The highest BCUT2D eigenvalue weighted by atomic mass is 32.2. The van der Waals surface area contributed by atoms with Crippen LogP contribution in [0.3, 0.4) is 0 Å². The van der Waals surface area contributed by atoms with Crippen LogP contribution in [0, 0.1) is 11.3 Å². The summed E-state index contributed by atoms with van der Waals surface area (Å²) in [7, 11) is 0. The van der Waals surface area contributed by atoms with Gasteiger partial charge >= 0.3 is 0 Å². The lowest BCUT2D eigenvalue weighted by Gasteiger charge is -2.40. The molecule has 1 atom stereocenters. The van der Waals surface area contributed by atoms with E-state index in [2.05, 4.69) is 37.1 Å². The van der Waals surface area contributed by atoms with Gasteiger partial charge in [0, 0.05) is 63.2 Å². The number of nitrogens with zero attached hydrogens (tertiary/aromatic N) is 6. The van der Waals surface area contributed by atoms with Gasteiger partial charge in [0.2, 0.25) is 5.91 Å². The monoisotopic (exact) mass is 421 g/mol. The Bertz CT molecular complexity index is 982. The second-order valence-corrected chi connectivity index (χ2v) is 8.92. The minimum Gasteiger partial charge on any atom is -0.354 e. The number of carbonyl (C=O) groups excluding carboxylic acids is 1. The summed E-state index contributed by atoms with van der Waals surface area (Å²) in [4.78, 5) is 28.4. The molecule has 2 saturated heterocycles. The second-order valence-electron chi connectivity index (χ2n) is 7.77. The first-order valence-corrected chi connectivity index (χ1v) is 11.3. The molecule has 0 radical (unpaired) electrons. The Labute approximate surface area is 179 Å². The fourth-order valence-electron chi connectivity index (χ4n) is 4.23. The molecule has 1 amide bonds. The zero-order chi connectivity index (χ0) is 20.5. The fraction of sp³-hybridized carbons (Fsp3) is 0.429. The lowest BCUT2D eigenvalue weighted by Crippen LogP contribution is -2.53. The summed E-state index contributed by atoms with van der Waals surface area (Å²) in [6.45, 7) is 5.31. The first-order valence-electron chi connectivity index (χ1n) is 10.2. The maximum absolute atomic E-state index is 12.5. The van der Waals surface area contributed by atoms with Crippen LogP contribution in [0.15, 0.2) is 30.6 Å². The van der Waals surface area contributed by atoms with Gasteiger partial charge in [-0.3, -0.25) is 9.69 Å². The van der Waals surface area contributed by atoms with Crippen molar-refractivity contribution in [2.75, 3.05) is 59.3 Å². The van der Waals surface area contributed by atoms with Crippen molar-refractivity contribution in [1.82, 2.24) is 14.9 Å². The van der Waals surface area contributed by atoms with Crippen LogP contribution < -0.4 is 15.1 Å². The molecular weight excluding hydrogens is 398 g/mol. The number of aromatic nitrogens is 2. The van der Waals surface area contributed by atoms with Crippen molar-refractivity contribution in [2.45, 2.75) is 12.6 Å². The molecule has 0 aromatic carbocycles. The molecule has 2 aromatic rings. The number of anilines is 3. The summed E-state index contributed by atoms with van der Waals surface area (Å²) in [5, 5.41) is 12.0. The number of piperazine rings is 1. The number of hydrogen-bond acceptors (Lipinski definition) is 8. The molecule has 2 fully saturated rings. The van der Waals surface area contributed by atoms with Crippen molar-refractivity contribution < 1.29 is 4.79 Å². The Hall–Kier alpha value is -2.83. The third kappa shape index (κ3) is 3.68. The zero-order valence-corrected chi connectivity index (χ0v) is 17.4. The van der Waals surface area contributed by atoms with Crippen LogP contribution in [-0.4, -0.2) is 71.0 Å². The first kappa shape index (κ1) is 19.2. The lowest BCUT2D eigenvalue weighted by atomic mass is 10.1. The number of hydrogen-bond donors (Lipinski definition) is 1. The summed E-state index contributed by atoms with van der Waals surface area (Å²) < 4.78 is 0. The Morgan fingerprint density at radius 2 is 2.03 bits per heavy atom. The van der Waals surface area contributed by atoms with Crippen molar-refractivity contribution in [2.24, 2.45) is 0 Å². The maximum atomic E-state index is 12.5. The normalized spacial score (nSPS) is 21.4. The number of thioether (sulfide) groups is 1. The van der Waals surface area contributed by atoms with Crippen LogP contribution in [0.2, 0.25) is 0 Å². The van der Waals surface area contributed by atoms with E-state index in [1.165, 1.54) is 0 Å². The standard InChI is InChI=1S/C21H23N7OS/c22-10-15-1-2-19(23-11-15)27-5-3-26(4-6-27)13-16-9-17-20(24-12-16)28-7-8-30-14-18(28)21(29)25-17/h1-2,9,11-12,18H,3-8,13-14H2,(H,25,29)/t18-/m0/s1. The van der Waals surface area contributed by atoms with Gasteiger partial charge < -0.3 is 15.1 Å². The SMILES string of the molecule is N#Cc1ccc(N2CCN(Cc3cnc4c(c3)NC(=O)[C@@H]3CSCCN43)CC2)nc1. The maximum Gasteiger partial charge on any atom is 0.248 e. The van der Waals surface area contributed by atoms with Gasteiger partial charge in [-0.15, -0.1) is 0 Å². The largest absolute Gasteiger partial charge is 0.354 e. The second kappa shape index (κ2) is 8.13. The van der Waals surface area contributed by atoms with E-state index in [1.54, 1.807) is 6.20 Å². The molecule has 0 unspecified atom stereocenters. The van der Waals surface area contributed by atoms with Gasteiger partial charge in [-0.05, 0) is 23.8 Å². The molecule has 0 bridgehead atoms. The van der Waals surface area contributed by atoms with Crippen LogP contribution in [-0.2, 0) is 11.3 Å². The van der Waals surface area contributed by atoms with Crippen LogP contribution in [0.25, 0.3) is 0 Å². The number of rotatable bonds is 3. The molecule has 3 aliphatic rings. The summed E-state index contributed by atoms with van der Waals surface area (Å²) in [5.74, 6) is 3.76. The third-order valence-electron chi connectivity index (χ3n) is 5.86. The van der Waals surface area contributed by atoms with E-state index in [1.807, 2.05) is 30.1 Å². The van der Waals surface area contributed by atoms with Gasteiger partial charge in [-0.1, -0.05) is 0 Å². The van der Waals surface area contributed by atoms with Crippen molar-refractivity contribution >= 4 is 35.0 Å². The minimum atomic E-state index is -0.0986. The van der Waals surface area contributed by atoms with Gasteiger partial charge in [0.1, 0.15) is 17.9 Å². The molecule has 154 valence electrons. The van der Waals surface area contributed by atoms with Gasteiger partial charge in [-0.25, -0.2) is 9.97 Å². The van der Waals surface area contributed by atoms with Crippen molar-refractivity contribution in [3.05, 3.63) is 41.7 Å². The van der Waals surface area contributed by atoms with Crippen molar-refractivity contribution in [1.29, 1.82) is 5.26 Å². The Balaban J connectivity index is 1.23. The van der Waals surface area contributed by atoms with E-state index >= 15 is 0 Å². The summed E-state index contributed by atoms with van der Waals surface area (Å²) in [6, 6.07) is 7.81. The Morgan fingerprint density at radius 3 is 2.80 bits per heavy atom. The van der Waals surface area contributed by atoms with Gasteiger partial charge in [0.05, 0.1) is 11.3 Å². The van der Waals surface area contributed by atoms with E-state index < -0.39 is 0 Å². The molecule has 0 saturated carbocycles. The number of amides is 1. The summed E-state index contributed by atoms with van der Waals surface area (Å²) in [6.07, 6.45) is 3.57. The molecule has 8 nitrogen and oxygen atoms in total. The fourth-order valence-corrected chi connectivity index (χ4v) is 5.28. The summed E-state index contributed by atoms with van der Waals surface area (Å²) in [5.41, 5.74) is 2.53. The average molecular weight is 422 g/mol. The summed E-state index contributed by atoms with van der Waals surface area (Å²) >= 11 is 1.83. The topological polar surface area (TPSA) is 88.4 Å². The van der Waals surface area contributed by atoms with Crippen LogP contribution in [0.4, 0.5) is 17.3 Å². The van der Waals surface area contributed by atoms with Crippen molar-refractivity contribution in [3.63, 3.8) is 0 Å². The van der Waals surface area contributed by atoms with E-state index in [0.717, 1.165) is 73.7 Å². The molecular formula is C21H23N7OS. The van der Waals surface area contributed by atoms with Gasteiger partial charge in [-0.2, -0.15) is 17.0 Å². The van der Waals surface area contributed by atoms with E-state index in [0.29, 0.717) is 5.56 Å². The van der Waals surface area contributed by atoms with E-state index in [4.69, 9.17) is 10.2 Å². The number of carbonyl (C=O) groups is 1.